The fraction of sp³-hybridized carbons (Fsp3) is 0.0667. The summed E-state index contributed by atoms with van der Waals surface area (Å²) in [5.41, 5.74) is 2.27. The van der Waals surface area contributed by atoms with Crippen LogP contribution in [0.5, 0.6) is 0 Å². The van der Waals surface area contributed by atoms with Crippen molar-refractivity contribution < 1.29 is 4.79 Å². The lowest BCUT2D eigenvalue weighted by atomic mass is 10.2. The molecule has 0 unspecified atom stereocenters. The zero-order chi connectivity index (χ0) is 13.1. The molecule has 0 spiro atoms. The van der Waals surface area contributed by atoms with Crippen molar-refractivity contribution in [3.8, 4) is 0 Å². The first-order valence-corrected chi connectivity index (χ1v) is 6.09. The molecule has 0 aliphatic carbocycles. The van der Waals surface area contributed by atoms with Crippen molar-refractivity contribution in [3.05, 3.63) is 72.2 Å². The number of aromatic nitrogens is 2. The topological polar surface area (TPSA) is 46.4 Å². The van der Waals surface area contributed by atoms with Crippen LogP contribution in [0.1, 0.15) is 16.1 Å². The summed E-state index contributed by atoms with van der Waals surface area (Å²) >= 11 is 0. The first kappa shape index (κ1) is 11.5. The summed E-state index contributed by atoms with van der Waals surface area (Å²) in [4.78, 5) is 16.3. The number of nitrogens with zero attached hydrogens (tertiary/aromatic N) is 2. The summed E-state index contributed by atoms with van der Waals surface area (Å²) < 4.78 is 1.83. The van der Waals surface area contributed by atoms with Crippen molar-refractivity contribution in [2.75, 3.05) is 0 Å². The molecule has 19 heavy (non-hydrogen) atoms. The SMILES string of the molecule is O=C(NCc1ccccc1)c1cn2ccccc2n1. The van der Waals surface area contributed by atoms with Crippen LogP contribution in [0.2, 0.25) is 0 Å². The molecule has 4 nitrogen and oxygen atoms in total. The number of hydrogen-bond acceptors (Lipinski definition) is 2. The minimum absolute atomic E-state index is 0.160. The Bertz CT molecular complexity index is 670. The van der Waals surface area contributed by atoms with Gasteiger partial charge in [0.15, 0.2) is 0 Å². The molecule has 0 fully saturated rings. The molecular formula is C15H13N3O. The molecule has 0 saturated carbocycles. The van der Waals surface area contributed by atoms with Crippen LogP contribution in [-0.2, 0) is 6.54 Å². The van der Waals surface area contributed by atoms with Crippen molar-refractivity contribution in [2.24, 2.45) is 0 Å². The number of benzene rings is 1. The fourth-order valence-electron chi connectivity index (χ4n) is 1.91. The molecule has 2 aromatic heterocycles. The maximum absolute atomic E-state index is 12.0. The van der Waals surface area contributed by atoms with Crippen LogP contribution in [0.15, 0.2) is 60.9 Å². The molecule has 2 heterocycles. The molecule has 1 amide bonds. The Morgan fingerprint density at radius 2 is 1.89 bits per heavy atom. The number of fused-ring (bicyclic) bond motifs is 1. The fourth-order valence-corrected chi connectivity index (χ4v) is 1.91. The summed E-state index contributed by atoms with van der Waals surface area (Å²) in [5.74, 6) is -0.160. The maximum Gasteiger partial charge on any atom is 0.271 e. The highest BCUT2D eigenvalue weighted by Crippen LogP contribution is 2.05. The first-order valence-electron chi connectivity index (χ1n) is 6.09. The van der Waals surface area contributed by atoms with E-state index in [4.69, 9.17) is 0 Å². The summed E-state index contributed by atoms with van der Waals surface area (Å²) in [6.07, 6.45) is 3.60. The van der Waals surface area contributed by atoms with Gasteiger partial charge in [-0.25, -0.2) is 4.98 Å². The van der Waals surface area contributed by atoms with E-state index in [-0.39, 0.29) is 5.91 Å². The lowest BCUT2D eigenvalue weighted by Gasteiger charge is -2.02. The Balaban J connectivity index is 1.73. The largest absolute Gasteiger partial charge is 0.347 e. The van der Waals surface area contributed by atoms with E-state index in [0.717, 1.165) is 11.2 Å². The van der Waals surface area contributed by atoms with Gasteiger partial charge in [-0.15, -0.1) is 0 Å². The van der Waals surface area contributed by atoms with Gasteiger partial charge < -0.3 is 9.72 Å². The third-order valence-corrected chi connectivity index (χ3v) is 2.89. The number of imidazole rings is 1. The highest BCUT2D eigenvalue weighted by Gasteiger charge is 2.09. The summed E-state index contributed by atoms with van der Waals surface area (Å²) in [7, 11) is 0. The summed E-state index contributed by atoms with van der Waals surface area (Å²) in [6.45, 7) is 0.507. The van der Waals surface area contributed by atoms with Crippen LogP contribution in [0.4, 0.5) is 0 Å². The zero-order valence-corrected chi connectivity index (χ0v) is 10.3. The van der Waals surface area contributed by atoms with E-state index in [2.05, 4.69) is 10.3 Å². The number of carbonyl (C=O) groups is 1. The molecule has 0 radical (unpaired) electrons. The Kier molecular flexibility index (Phi) is 2.98. The molecule has 0 aliphatic rings. The van der Waals surface area contributed by atoms with Crippen molar-refractivity contribution in [2.45, 2.75) is 6.54 Å². The Hall–Kier alpha value is -2.62. The summed E-state index contributed by atoms with van der Waals surface area (Å²) in [6, 6.07) is 15.5. The average Bonchev–Trinajstić information content (AvgIpc) is 2.90. The van der Waals surface area contributed by atoms with Gasteiger partial charge in [0, 0.05) is 18.9 Å². The van der Waals surface area contributed by atoms with E-state index in [1.54, 1.807) is 6.20 Å². The molecule has 1 N–H and O–H groups in total. The quantitative estimate of drug-likeness (QED) is 0.776. The first-order chi connectivity index (χ1) is 9.33. The van der Waals surface area contributed by atoms with Crippen molar-refractivity contribution in [1.29, 1.82) is 0 Å². The molecule has 1 aromatic carbocycles. The Labute approximate surface area is 110 Å². The van der Waals surface area contributed by atoms with Crippen LogP contribution in [0, 0.1) is 0 Å². The second kappa shape index (κ2) is 4.94. The van der Waals surface area contributed by atoms with Crippen molar-refractivity contribution >= 4 is 11.6 Å². The second-order valence-corrected chi connectivity index (χ2v) is 4.26. The van der Waals surface area contributed by atoms with E-state index in [1.807, 2.05) is 59.1 Å². The van der Waals surface area contributed by atoms with Gasteiger partial charge in [0.2, 0.25) is 0 Å². The Morgan fingerprint density at radius 3 is 2.68 bits per heavy atom. The number of nitrogens with one attached hydrogen (secondary N) is 1. The van der Waals surface area contributed by atoms with Gasteiger partial charge in [-0.05, 0) is 17.7 Å². The molecule has 94 valence electrons. The molecule has 3 aromatic rings. The van der Waals surface area contributed by atoms with Gasteiger partial charge in [0.25, 0.3) is 5.91 Å². The zero-order valence-electron chi connectivity index (χ0n) is 10.3. The van der Waals surface area contributed by atoms with Gasteiger partial charge in [0.1, 0.15) is 11.3 Å². The van der Waals surface area contributed by atoms with E-state index in [1.165, 1.54) is 0 Å². The number of pyridine rings is 1. The molecule has 0 aliphatic heterocycles. The molecule has 0 saturated heterocycles. The van der Waals surface area contributed by atoms with Crippen LogP contribution in [0.25, 0.3) is 5.65 Å². The van der Waals surface area contributed by atoms with E-state index >= 15 is 0 Å². The van der Waals surface area contributed by atoms with Crippen LogP contribution < -0.4 is 5.32 Å². The lowest BCUT2D eigenvalue weighted by molar-refractivity contribution is 0.0946. The van der Waals surface area contributed by atoms with E-state index in [9.17, 15) is 4.79 Å². The second-order valence-electron chi connectivity index (χ2n) is 4.26. The van der Waals surface area contributed by atoms with Crippen LogP contribution >= 0.6 is 0 Å². The molecule has 4 heteroatoms. The maximum atomic E-state index is 12.0. The lowest BCUT2D eigenvalue weighted by Crippen LogP contribution is -2.23. The minimum atomic E-state index is -0.160. The highest BCUT2D eigenvalue weighted by molar-refractivity contribution is 5.92. The van der Waals surface area contributed by atoms with Gasteiger partial charge in [-0.3, -0.25) is 4.79 Å². The molecule has 3 rings (SSSR count). The number of amides is 1. The minimum Gasteiger partial charge on any atom is -0.347 e. The van der Waals surface area contributed by atoms with Crippen molar-refractivity contribution in [1.82, 2.24) is 14.7 Å². The molecular weight excluding hydrogens is 238 g/mol. The number of hydrogen-bond donors (Lipinski definition) is 1. The predicted molar refractivity (Wildman–Crippen MR) is 72.8 cm³/mol. The Morgan fingerprint density at radius 1 is 1.11 bits per heavy atom. The molecule has 0 atom stereocenters. The van der Waals surface area contributed by atoms with Crippen LogP contribution in [-0.4, -0.2) is 15.3 Å². The highest BCUT2D eigenvalue weighted by atomic mass is 16.1. The van der Waals surface area contributed by atoms with E-state index < -0.39 is 0 Å². The number of carbonyl (C=O) groups excluding carboxylic acids is 1. The monoisotopic (exact) mass is 251 g/mol. The average molecular weight is 251 g/mol. The van der Waals surface area contributed by atoms with Gasteiger partial charge in [-0.2, -0.15) is 0 Å². The number of rotatable bonds is 3. The normalized spacial score (nSPS) is 10.5. The van der Waals surface area contributed by atoms with Crippen LogP contribution in [0.3, 0.4) is 0 Å². The van der Waals surface area contributed by atoms with E-state index in [0.29, 0.717) is 12.2 Å². The third-order valence-electron chi connectivity index (χ3n) is 2.89. The predicted octanol–water partition coefficient (Wildman–Crippen LogP) is 2.26. The molecule has 0 bridgehead atoms. The van der Waals surface area contributed by atoms with Gasteiger partial charge in [-0.1, -0.05) is 36.4 Å². The van der Waals surface area contributed by atoms with Gasteiger partial charge in [0.05, 0.1) is 0 Å². The standard InChI is InChI=1S/C15H13N3O/c19-15(16-10-12-6-2-1-3-7-12)13-11-18-9-5-4-8-14(18)17-13/h1-9,11H,10H2,(H,16,19). The smallest absolute Gasteiger partial charge is 0.271 e. The van der Waals surface area contributed by atoms with Crippen molar-refractivity contribution in [3.63, 3.8) is 0 Å². The third kappa shape index (κ3) is 2.47. The van der Waals surface area contributed by atoms with Gasteiger partial charge >= 0.3 is 0 Å². The summed E-state index contributed by atoms with van der Waals surface area (Å²) in [5, 5.41) is 2.86.